The number of nitrogens with zero attached hydrogens (tertiary/aromatic N) is 2. The minimum absolute atomic E-state index is 0.0144. The first-order valence-electron chi connectivity index (χ1n) is 12.3. The van der Waals surface area contributed by atoms with E-state index in [1.807, 2.05) is 0 Å². The van der Waals surface area contributed by atoms with Crippen molar-refractivity contribution in [2.75, 3.05) is 33.7 Å². The number of alkyl halides is 3. The number of carbonyl (C=O) groups excluding carboxylic acids is 3. The SMILES string of the molecule is CN(C)C(=O)CN1C[C@H](C(=O)c2ccccc2)C(c2cccc(C(F)(F)F)c2)[C@@H](C(=O)c2ccccc2)C1. The second-order valence-corrected chi connectivity index (χ2v) is 9.80. The zero-order valence-electron chi connectivity index (χ0n) is 21.2. The van der Waals surface area contributed by atoms with E-state index in [2.05, 4.69) is 0 Å². The van der Waals surface area contributed by atoms with Crippen molar-refractivity contribution in [3.63, 3.8) is 0 Å². The molecule has 0 aliphatic carbocycles. The Balaban J connectivity index is 1.85. The monoisotopic (exact) mass is 522 g/mol. The summed E-state index contributed by atoms with van der Waals surface area (Å²) in [5.74, 6) is -3.26. The third kappa shape index (κ3) is 6.02. The van der Waals surface area contributed by atoms with E-state index in [-0.39, 0.29) is 42.7 Å². The fourth-order valence-corrected chi connectivity index (χ4v) is 5.11. The van der Waals surface area contributed by atoms with Gasteiger partial charge in [-0.2, -0.15) is 13.2 Å². The van der Waals surface area contributed by atoms with Gasteiger partial charge in [-0.05, 0) is 11.6 Å². The van der Waals surface area contributed by atoms with Gasteiger partial charge in [0.05, 0.1) is 12.1 Å². The van der Waals surface area contributed by atoms with Crippen molar-refractivity contribution in [2.24, 2.45) is 11.8 Å². The first kappa shape index (κ1) is 27.3. The highest BCUT2D eigenvalue weighted by Gasteiger charge is 2.45. The number of piperidine rings is 1. The van der Waals surface area contributed by atoms with Gasteiger partial charge in [-0.1, -0.05) is 78.9 Å². The lowest BCUT2D eigenvalue weighted by molar-refractivity contribution is -0.137. The van der Waals surface area contributed by atoms with Gasteiger partial charge in [0.15, 0.2) is 11.6 Å². The second kappa shape index (κ2) is 11.3. The summed E-state index contributed by atoms with van der Waals surface area (Å²) < 4.78 is 41.0. The highest BCUT2D eigenvalue weighted by molar-refractivity contribution is 6.02. The number of rotatable bonds is 7. The van der Waals surface area contributed by atoms with Crippen LogP contribution < -0.4 is 0 Å². The predicted molar refractivity (Wildman–Crippen MR) is 138 cm³/mol. The number of Topliss-reactive ketones (excluding diaryl/α,β-unsaturated/α-hetero) is 2. The molecule has 1 fully saturated rings. The van der Waals surface area contributed by atoms with Crippen molar-refractivity contribution in [1.82, 2.24) is 9.80 Å². The van der Waals surface area contributed by atoms with Crippen LogP contribution in [0.2, 0.25) is 0 Å². The van der Waals surface area contributed by atoms with Gasteiger partial charge in [-0.15, -0.1) is 0 Å². The molecule has 3 aromatic rings. The van der Waals surface area contributed by atoms with Crippen molar-refractivity contribution in [2.45, 2.75) is 12.1 Å². The molecular formula is C30H29F3N2O3. The van der Waals surface area contributed by atoms with Crippen molar-refractivity contribution in [1.29, 1.82) is 0 Å². The standard InChI is InChI=1S/C30H29F3N2O3/c1-34(2)26(36)19-35-17-24(28(37)20-10-5-3-6-11-20)27(22-14-9-15-23(16-22)30(31,32)33)25(18-35)29(38)21-12-7-4-8-13-21/h3-16,24-25,27H,17-19H2,1-2H3/t24-,25-/m0/s1. The molecule has 0 aromatic heterocycles. The fourth-order valence-electron chi connectivity index (χ4n) is 5.11. The zero-order valence-corrected chi connectivity index (χ0v) is 21.2. The van der Waals surface area contributed by atoms with Gasteiger partial charge >= 0.3 is 6.18 Å². The number of halogens is 3. The number of carbonyl (C=O) groups is 3. The van der Waals surface area contributed by atoms with Crippen LogP contribution in [0.25, 0.3) is 0 Å². The fraction of sp³-hybridized carbons (Fsp3) is 0.300. The molecule has 8 heteroatoms. The third-order valence-corrected chi connectivity index (χ3v) is 7.02. The van der Waals surface area contributed by atoms with E-state index >= 15 is 0 Å². The number of ketones is 2. The van der Waals surface area contributed by atoms with E-state index in [9.17, 15) is 27.6 Å². The molecule has 1 heterocycles. The Labute approximate surface area is 219 Å². The molecule has 38 heavy (non-hydrogen) atoms. The van der Waals surface area contributed by atoms with Gasteiger partial charge in [0, 0.05) is 56.1 Å². The van der Waals surface area contributed by atoms with Crippen LogP contribution in [-0.4, -0.2) is 61.0 Å². The van der Waals surface area contributed by atoms with Gasteiger partial charge in [0.1, 0.15) is 0 Å². The van der Waals surface area contributed by atoms with Gasteiger partial charge < -0.3 is 4.90 Å². The molecule has 0 unspecified atom stereocenters. The van der Waals surface area contributed by atoms with E-state index in [1.54, 1.807) is 85.7 Å². The number of benzene rings is 3. The molecule has 1 aliphatic rings. The molecule has 1 saturated heterocycles. The number of amides is 1. The van der Waals surface area contributed by atoms with E-state index in [4.69, 9.17) is 0 Å². The van der Waals surface area contributed by atoms with Gasteiger partial charge in [-0.25, -0.2) is 0 Å². The third-order valence-electron chi connectivity index (χ3n) is 7.02. The highest BCUT2D eigenvalue weighted by atomic mass is 19.4. The lowest BCUT2D eigenvalue weighted by Gasteiger charge is -2.43. The van der Waals surface area contributed by atoms with Crippen molar-refractivity contribution < 1.29 is 27.6 Å². The molecule has 5 nitrogen and oxygen atoms in total. The maximum atomic E-state index is 13.9. The minimum Gasteiger partial charge on any atom is -0.348 e. The predicted octanol–water partition coefficient (Wildman–Crippen LogP) is 5.19. The topological polar surface area (TPSA) is 57.7 Å². The van der Waals surface area contributed by atoms with Crippen molar-refractivity contribution in [3.05, 3.63) is 107 Å². The molecule has 0 radical (unpaired) electrons. The summed E-state index contributed by atoms with van der Waals surface area (Å²) in [5.41, 5.74) is 0.251. The molecule has 0 spiro atoms. The van der Waals surface area contributed by atoms with E-state index < -0.39 is 29.5 Å². The summed E-state index contributed by atoms with van der Waals surface area (Å²) in [7, 11) is 3.24. The summed E-state index contributed by atoms with van der Waals surface area (Å²) in [5, 5.41) is 0. The second-order valence-electron chi connectivity index (χ2n) is 9.80. The van der Waals surface area contributed by atoms with Crippen LogP contribution >= 0.6 is 0 Å². The lowest BCUT2D eigenvalue weighted by Crippen LogP contribution is -2.52. The van der Waals surface area contributed by atoms with Crippen LogP contribution in [0.15, 0.2) is 84.9 Å². The van der Waals surface area contributed by atoms with E-state index in [0.29, 0.717) is 11.1 Å². The smallest absolute Gasteiger partial charge is 0.348 e. The van der Waals surface area contributed by atoms with Crippen LogP contribution in [0.1, 0.15) is 37.8 Å². The van der Waals surface area contributed by atoms with Crippen molar-refractivity contribution >= 4 is 17.5 Å². The highest BCUT2D eigenvalue weighted by Crippen LogP contribution is 2.42. The molecule has 198 valence electrons. The minimum atomic E-state index is -4.58. The lowest BCUT2D eigenvalue weighted by atomic mass is 9.68. The van der Waals surface area contributed by atoms with Crippen LogP contribution in [-0.2, 0) is 11.0 Å². The molecule has 4 rings (SSSR count). The molecule has 0 N–H and O–H groups in total. The molecule has 0 saturated carbocycles. The van der Waals surface area contributed by atoms with Gasteiger partial charge in [-0.3, -0.25) is 19.3 Å². The molecule has 1 aliphatic heterocycles. The molecule has 2 atom stereocenters. The zero-order chi connectivity index (χ0) is 27.4. The van der Waals surface area contributed by atoms with Gasteiger partial charge in [0.25, 0.3) is 0 Å². The Morgan fingerprint density at radius 1 is 0.789 bits per heavy atom. The molecule has 0 bridgehead atoms. The summed E-state index contributed by atoms with van der Waals surface area (Å²) in [6.07, 6.45) is -4.58. The Bertz CT molecular complexity index is 1230. The average molecular weight is 523 g/mol. The quantitative estimate of drug-likeness (QED) is 0.401. The average Bonchev–Trinajstić information content (AvgIpc) is 2.92. The number of hydrogen-bond acceptors (Lipinski definition) is 4. The molecule has 1 amide bonds. The Kier molecular flexibility index (Phi) is 8.11. The Morgan fingerprint density at radius 3 is 1.74 bits per heavy atom. The Hall–Kier alpha value is -3.78. The van der Waals surface area contributed by atoms with Crippen molar-refractivity contribution in [3.8, 4) is 0 Å². The summed E-state index contributed by atoms with van der Waals surface area (Å²) in [4.78, 5) is 43.6. The maximum Gasteiger partial charge on any atom is 0.416 e. The largest absolute Gasteiger partial charge is 0.416 e. The van der Waals surface area contributed by atoms with Crippen LogP contribution in [0.3, 0.4) is 0 Å². The first-order valence-corrected chi connectivity index (χ1v) is 12.3. The number of likely N-dealkylation sites (N-methyl/N-ethyl adjacent to an activating group) is 1. The van der Waals surface area contributed by atoms with E-state index in [0.717, 1.165) is 12.1 Å². The van der Waals surface area contributed by atoms with E-state index in [1.165, 1.54) is 11.0 Å². The summed E-state index contributed by atoms with van der Waals surface area (Å²) >= 11 is 0. The summed E-state index contributed by atoms with van der Waals surface area (Å²) in [6, 6.07) is 21.9. The first-order chi connectivity index (χ1) is 18.1. The van der Waals surface area contributed by atoms with Crippen LogP contribution in [0.4, 0.5) is 13.2 Å². The normalized spacial score (nSPS) is 18.7. The Morgan fingerprint density at radius 2 is 1.29 bits per heavy atom. The molecule has 3 aromatic carbocycles. The number of hydrogen-bond donors (Lipinski definition) is 0. The van der Waals surface area contributed by atoms with Gasteiger partial charge in [0.2, 0.25) is 5.91 Å². The van der Waals surface area contributed by atoms with Crippen LogP contribution in [0, 0.1) is 11.8 Å². The maximum absolute atomic E-state index is 13.9. The summed E-state index contributed by atoms with van der Waals surface area (Å²) in [6.45, 7) is 0.249. The number of likely N-dealkylation sites (tertiary alicyclic amines) is 1. The van der Waals surface area contributed by atoms with Crippen LogP contribution in [0.5, 0.6) is 0 Å². The molecular weight excluding hydrogens is 493 g/mol.